The first-order valence-corrected chi connectivity index (χ1v) is 7.19. The molecule has 106 valence electrons. The Morgan fingerprint density at radius 2 is 1.90 bits per heavy atom. The van der Waals surface area contributed by atoms with Crippen LogP contribution < -0.4 is 5.32 Å². The molecular weight excluding hydrogens is 250 g/mol. The molecule has 1 saturated carbocycles. The Morgan fingerprint density at radius 3 is 2.65 bits per heavy atom. The van der Waals surface area contributed by atoms with Gasteiger partial charge in [-0.2, -0.15) is 0 Å². The van der Waals surface area contributed by atoms with Crippen molar-refractivity contribution in [3.63, 3.8) is 0 Å². The van der Waals surface area contributed by atoms with Crippen LogP contribution >= 0.6 is 0 Å². The number of rotatable bonds is 4. The number of hydrogen-bond donors (Lipinski definition) is 1. The van der Waals surface area contributed by atoms with Gasteiger partial charge < -0.3 is 10.2 Å². The fourth-order valence-electron chi connectivity index (χ4n) is 3.02. The number of nitrogens with zero attached hydrogens (tertiary/aromatic N) is 4. The van der Waals surface area contributed by atoms with Crippen LogP contribution in [-0.4, -0.2) is 46.0 Å². The molecule has 1 aliphatic rings. The molecule has 5 nitrogen and oxygen atoms in total. The van der Waals surface area contributed by atoms with Gasteiger partial charge in [-0.05, 0) is 39.1 Å². The third-order valence-electron chi connectivity index (χ3n) is 4.41. The number of aromatic nitrogens is 3. The highest BCUT2D eigenvalue weighted by atomic mass is 15.2. The minimum atomic E-state index is 0.263. The molecule has 0 amide bonds. The number of pyridine rings is 1. The summed E-state index contributed by atoms with van der Waals surface area (Å²) in [5.74, 6) is 0.881. The molecule has 20 heavy (non-hydrogen) atoms. The maximum absolute atomic E-state index is 4.52. The van der Waals surface area contributed by atoms with Crippen molar-refractivity contribution in [1.29, 1.82) is 0 Å². The third-order valence-corrected chi connectivity index (χ3v) is 4.41. The molecule has 0 saturated heterocycles. The van der Waals surface area contributed by atoms with E-state index >= 15 is 0 Å². The van der Waals surface area contributed by atoms with Gasteiger partial charge in [-0.1, -0.05) is 12.8 Å². The first-order chi connectivity index (χ1) is 9.70. The van der Waals surface area contributed by atoms with Crippen molar-refractivity contribution in [2.45, 2.75) is 31.2 Å². The van der Waals surface area contributed by atoms with Gasteiger partial charge in [-0.25, -0.2) is 9.97 Å². The smallest absolute Gasteiger partial charge is 0.180 e. The second-order valence-electron chi connectivity index (χ2n) is 5.77. The normalized spacial score (nSPS) is 17.8. The summed E-state index contributed by atoms with van der Waals surface area (Å²) in [6.07, 6.45) is 8.50. The summed E-state index contributed by atoms with van der Waals surface area (Å²) >= 11 is 0. The van der Waals surface area contributed by atoms with Crippen LogP contribution in [0.1, 0.15) is 25.7 Å². The summed E-state index contributed by atoms with van der Waals surface area (Å²) in [6, 6.07) is 3.95. The molecule has 2 heterocycles. The summed E-state index contributed by atoms with van der Waals surface area (Å²) in [6.45, 7) is 0.929. The second-order valence-corrected chi connectivity index (χ2v) is 5.77. The average Bonchev–Trinajstić information content (AvgIpc) is 2.95. The van der Waals surface area contributed by atoms with Crippen LogP contribution in [0.2, 0.25) is 0 Å². The van der Waals surface area contributed by atoms with Gasteiger partial charge >= 0.3 is 0 Å². The molecule has 1 aliphatic carbocycles. The van der Waals surface area contributed by atoms with Crippen molar-refractivity contribution >= 4 is 17.0 Å². The minimum Gasteiger partial charge on any atom is -0.368 e. The Balaban J connectivity index is 1.76. The number of likely N-dealkylation sites (N-methyl/N-ethyl adjacent to an activating group) is 1. The zero-order valence-electron chi connectivity index (χ0n) is 12.1. The van der Waals surface area contributed by atoms with Gasteiger partial charge in [-0.15, -0.1) is 0 Å². The molecule has 3 rings (SSSR count). The maximum Gasteiger partial charge on any atom is 0.180 e. The zero-order chi connectivity index (χ0) is 14.0. The molecule has 2 aromatic rings. The highest BCUT2D eigenvalue weighted by Gasteiger charge is 2.35. The fourth-order valence-corrected chi connectivity index (χ4v) is 3.02. The molecule has 0 bridgehead atoms. The summed E-state index contributed by atoms with van der Waals surface area (Å²) in [4.78, 5) is 15.4. The number of hydrogen-bond acceptors (Lipinski definition) is 5. The van der Waals surface area contributed by atoms with Crippen molar-refractivity contribution in [3.05, 3.63) is 24.5 Å². The third kappa shape index (κ3) is 2.45. The highest BCUT2D eigenvalue weighted by molar-refractivity contribution is 5.71. The maximum atomic E-state index is 4.52. The lowest BCUT2D eigenvalue weighted by molar-refractivity contribution is 0.172. The Bertz CT molecular complexity index is 590. The lowest BCUT2D eigenvalue weighted by atomic mass is 9.96. The van der Waals surface area contributed by atoms with E-state index in [2.05, 4.69) is 39.3 Å². The van der Waals surface area contributed by atoms with Gasteiger partial charge in [0.1, 0.15) is 11.3 Å². The molecule has 1 fully saturated rings. The van der Waals surface area contributed by atoms with Gasteiger partial charge in [0.05, 0.1) is 0 Å². The van der Waals surface area contributed by atoms with Gasteiger partial charge in [0.25, 0.3) is 0 Å². The van der Waals surface area contributed by atoms with Crippen LogP contribution in [0.15, 0.2) is 24.5 Å². The molecule has 0 radical (unpaired) electrons. The summed E-state index contributed by atoms with van der Waals surface area (Å²) in [5, 5.41) is 3.48. The summed E-state index contributed by atoms with van der Waals surface area (Å²) in [5.41, 5.74) is 1.79. The van der Waals surface area contributed by atoms with E-state index in [1.807, 2.05) is 12.1 Å². The predicted molar refractivity (Wildman–Crippen MR) is 80.7 cm³/mol. The Hall–Kier alpha value is -1.75. The van der Waals surface area contributed by atoms with E-state index in [9.17, 15) is 0 Å². The molecular formula is C15H21N5. The van der Waals surface area contributed by atoms with Crippen LogP contribution in [0.4, 0.5) is 5.82 Å². The molecule has 0 aromatic carbocycles. The van der Waals surface area contributed by atoms with E-state index in [0.717, 1.165) is 17.9 Å². The Kier molecular flexibility index (Phi) is 3.53. The van der Waals surface area contributed by atoms with Gasteiger partial charge in [-0.3, -0.25) is 4.98 Å². The van der Waals surface area contributed by atoms with E-state index in [1.165, 1.54) is 25.7 Å². The van der Waals surface area contributed by atoms with Gasteiger partial charge in [0.15, 0.2) is 5.65 Å². The van der Waals surface area contributed by atoms with Crippen molar-refractivity contribution in [3.8, 4) is 0 Å². The van der Waals surface area contributed by atoms with E-state index in [1.54, 1.807) is 12.4 Å². The highest BCUT2D eigenvalue weighted by Crippen LogP contribution is 2.33. The van der Waals surface area contributed by atoms with E-state index in [0.29, 0.717) is 5.65 Å². The van der Waals surface area contributed by atoms with Crippen molar-refractivity contribution in [2.75, 3.05) is 26.0 Å². The predicted octanol–water partition coefficient (Wildman–Crippen LogP) is 2.31. The van der Waals surface area contributed by atoms with Crippen LogP contribution in [0.5, 0.6) is 0 Å². The SMILES string of the molecule is CN(C)C1(CNc2ccc3nccnc3n2)CCCC1. The summed E-state index contributed by atoms with van der Waals surface area (Å²) in [7, 11) is 4.35. The van der Waals surface area contributed by atoms with Crippen LogP contribution in [0.3, 0.4) is 0 Å². The van der Waals surface area contributed by atoms with Gasteiger partial charge in [0.2, 0.25) is 0 Å². The Labute approximate surface area is 119 Å². The molecule has 5 heteroatoms. The van der Waals surface area contributed by atoms with E-state index < -0.39 is 0 Å². The number of fused-ring (bicyclic) bond motifs is 1. The van der Waals surface area contributed by atoms with Crippen molar-refractivity contribution in [2.24, 2.45) is 0 Å². The molecule has 2 aromatic heterocycles. The standard InChI is InChI=1S/C15H21N5/c1-20(2)15(7-3-4-8-15)11-18-13-6-5-12-14(19-13)17-10-9-16-12/h5-6,9-10H,3-4,7-8,11H2,1-2H3,(H,17,18,19). The van der Waals surface area contributed by atoms with Crippen LogP contribution in [0, 0.1) is 0 Å². The monoisotopic (exact) mass is 271 g/mol. The summed E-state index contributed by atoms with van der Waals surface area (Å²) < 4.78 is 0. The average molecular weight is 271 g/mol. The number of nitrogens with one attached hydrogen (secondary N) is 1. The minimum absolute atomic E-state index is 0.263. The van der Waals surface area contributed by atoms with Crippen molar-refractivity contribution < 1.29 is 0 Å². The second kappa shape index (κ2) is 5.32. The van der Waals surface area contributed by atoms with Gasteiger partial charge in [0, 0.05) is 24.5 Å². The quantitative estimate of drug-likeness (QED) is 0.924. The molecule has 0 atom stereocenters. The molecule has 0 spiro atoms. The van der Waals surface area contributed by atoms with Crippen LogP contribution in [-0.2, 0) is 0 Å². The van der Waals surface area contributed by atoms with Crippen LogP contribution in [0.25, 0.3) is 11.2 Å². The number of anilines is 1. The molecule has 0 unspecified atom stereocenters. The lowest BCUT2D eigenvalue weighted by Crippen LogP contribution is -2.47. The first kappa shape index (κ1) is 13.2. The lowest BCUT2D eigenvalue weighted by Gasteiger charge is -2.36. The first-order valence-electron chi connectivity index (χ1n) is 7.19. The largest absolute Gasteiger partial charge is 0.368 e. The molecule has 1 N–H and O–H groups in total. The van der Waals surface area contributed by atoms with E-state index in [-0.39, 0.29) is 5.54 Å². The Morgan fingerprint density at radius 1 is 1.15 bits per heavy atom. The molecule has 0 aliphatic heterocycles. The van der Waals surface area contributed by atoms with Crippen molar-refractivity contribution in [1.82, 2.24) is 19.9 Å². The topological polar surface area (TPSA) is 53.9 Å². The van der Waals surface area contributed by atoms with E-state index in [4.69, 9.17) is 0 Å². The fraction of sp³-hybridized carbons (Fsp3) is 0.533. The zero-order valence-corrected chi connectivity index (χ0v) is 12.1.